The lowest BCUT2D eigenvalue weighted by molar-refractivity contribution is 0.395. The van der Waals surface area contributed by atoms with Crippen LogP contribution in [0.3, 0.4) is 0 Å². The maximum atomic E-state index is 3.80. The van der Waals surface area contributed by atoms with Crippen molar-refractivity contribution in [3.63, 3.8) is 0 Å². The molecule has 1 unspecified atom stereocenters. The van der Waals surface area contributed by atoms with Gasteiger partial charge in [0.05, 0.1) is 0 Å². The molecule has 2 rings (SSSR count). The van der Waals surface area contributed by atoms with Crippen LogP contribution in [0.5, 0.6) is 0 Å². The van der Waals surface area contributed by atoms with Crippen molar-refractivity contribution in [2.45, 2.75) is 53.5 Å². The van der Waals surface area contributed by atoms with Gasteiger partial charge < -0.3 is 5.32 Å². The van der Waals surface area contributed by atoms with Crippen molar-refractivity contribution in [2.24, 2.45) is 16.7 Å². The van der Waals surface area contributed by atoms with Crippen LogP contribution in [0.4, 0.5) is 0 Å². The van der Waals surface area contributed by atoms with E-state index in [2.05, 4.69) is 80.1 Å². The largest absolute Gasteiger partial charge is 0.313 e. The summed E-state index contributed by atoms with van der Waals surface area (Å²) in [6.07, 6.45) is 2.30. The summed E-state index contributed by atoms with van der Waals surface area (Å²) in [6.45, 7) is 13.0. The summed E-state index contributed by atoms with van der Waals surface area (Å²) in [4.78, 5) is 0. The molecule has 0 aliphatic heterocycles. The number of hydrogen-bond donors (Lipinski definition) is 1. The molecule has 1 atom stereocenters. The minimum Gasteiger partial charge on any atom is -0.313 e. The zero-order valence-electron chi connectivity index (χ0n) is 13.5. The summed E-state index contributed by atoms with van der Waals surface area (Å²) < 4.78 is 1.24. The molecule has 0 bridgehead atoms. The van der Waals surface area contributed by atoms with Crippen LogP contribution in [-0.2, 0) is 6.42 Å². The first-order valence-corrected chi connectivity index (χ1v) is 8.58. The van der Waals surface area contributed by atoms with Crippen LogP contribution in [0.2, 0.25) is 0 Å². The monoisotopic (exact) mass is 337 g/mol. The van der Waals surface area contributed by atoms with Gasteiger partial charge in [0.2, 0.25) is 0 Å². The van der Waals surface area contributed by atoms with E-state index >= 15 is 0 Å². The lowest BCUT2D eigenvalue weighted by atomic mass is 9.96. The Morgan fingerprint density at radius 1 is 1.15 bits per heavy atom. The van der Waals surface area contributed by atoms with Gasteiger partial charge in [-0.3, -0.25) is 0 Å². The number of nitrogens with one attached hydrogen (secondary N) is 1. The summed E-state index contributed by atoms with van der Waals surface area (Å²) in [5.74, 6) is 0.744. The number of halogens is 1. The Labute approximate surface area is 132 Å². The topological polar surface area (TPSA) is 12.0 Å². The van der Waals surface area contributed by atoms with Crippen molar-refractivity contribution in [3.8, 4) is 0 Å². The highest BCUT2D eigenvalue weighted by Gasteiger charge is 2.66. The summed E-state index contributed by atoms with van der Waals surface area (Å²) in [5.41, 5.74) is 2.28. The van der Waals surface area contributed by atoms with E-state index in [4.69, 9.17) is 0 Å². The van der Waals surface area contributed by atoms with Crippen molar-refractivity contribution in [3.05, 3.63) is 34.3 Å². The molecule has 0 radical (unpaired) electrons. The van der Waals surface area contributed by atoms with E-state index in [-0.39, 0.29) is 0 Å². The fourth-order valence-electron chi connectivity index (χ4n) is 3.79. The predicted octanol–water partition coefficient (Wildman–Crippen LogP) is 5.04. The van der Waals surface area contributed by atoms with Crippen LogP contribution < -0.4 is 5.32 Å². The fourth-order valence-corrected chi connectivity index (χ4v) is 4.24. The van der Waals surface area contributed by atoms with E-state index in [0.29, 0.717) is 16.9 Å². The van der Waals surface area contributed by atoms with Gasteiger partial charge in [0.1, 0.15) is 0 Å². The van der Waals surface area contributed by atoms with Gasteiger partial charge in [0.15, 0.2) is 0 Å². The standard InChI is InChI=1S/C18H28BrN/c1-6-11-20-15(16-17(2,3)18(16,4)5)12-13-9-7-8-10-14(13)19/h7-10,15-16,20H,6,11-12H2,1-5H3. The molecule has 1 aromatic rings. The third kappa shape index (κ3) is 2.82. The lowest BCUT2D eigenvalue weighted by Crippen LogP contribution is -2.36. The molecule has 112 valence electrons. The first kappa shape index (κ1) is 16.0. The van der Waals surface area contributed by atoms with E-state index in [1.165, 1.54) is 16.5 Å². The van der Waals surface area contributed by atoms with Crippen molar-refractivity contribution < 1.29 is 0 Å². The molecule has 1 nitrogen and oxygen atoms in total. The van der Waals surface area contributed by atoms with E-state index < -0.39 is 0 Å². The third-order valence-corrected chi connectivity index (χ3v) is 6.36. The summed E-state index contributed by atoms with van der Waals surface area (Å²) in [5, 5.41) is 3.80. The molecule has 0 amide bonds. The van der Waals surface area contributed by atoms with Crippen LogP contribution in [0.25, 0.3) is 0 Å². The van der Waals surface area contributed by atoms with Gasteiger partial charge in [-0.05, 0) is 47.8 Å². The molecule has 1 saturated carbocycles. The summed E-state index contributed by atoms with van der Waals surface area (Å²) >= 11 is 3.69. The highest BCUT2D eigenvalue weighted by atomic mass is 79.9. The van der Waals surface area contributed by atoms with Gasteiger partial charge in [-0.1, -0.05) is 68.7 Å². The van der Waals surface area contributed by atoms with Gasteiger partial charge in [-0.2, -0.15) is 0 Å². The number of hydrogen-bond acceptors (Lipinski definition) is 1. The first-order chi connectivity index (χ1) is 9.32. The van der Waals surface area contributed by atoms with Crippen LogP contribution in [-0.4, -0.2) is 12.6 Å². The number of benzene rings is 1. The Balaban J connectivity index is 2.16. The maximum Gasteiger partial charge on any atom is 0.0207 e. The van der Waals surface area contributed by atoms with Gasteiger partial charge in [0.25, 0.3) is 0 Å². The number of rotatable bonds is 6. The Bertz CT molecular complexity index is 450. The SMILES string of the molecule is CCCNC(Cc1ccccc1Br)C1C(C)(C)C1(C)C. The van der Waals surface area contributed by atoms with Crippen LogP contribution >= 0.6 is 15.9 Å². The average molecular weight is 338 g/mol. The fraction of sp³-hybridized carbons (Fsp3) is 0.667. The van der Waals surface area contributed by atoms with Gasteiger partial charge in [-0.15, -0.1) is 0 Å². The smallest absolute Gasteiger partial charge is 0.0207 e. The average Bonchev–Trinajstić information content (AvgIpc) is 2.78. The Morgan fingerprint density at radius 3 is 2.25 bits per heavy atom. The lowest BCUT2D eigenvalue weighted by Gasteiger charge is -2.21. The van der Waals surface area contributed by atoms with Crippen LogP contribution in [0.1, 0.15) is 46.6 Å². The quantitative estimate of drug-likeness (QED) is 0.766. The second-order valence-corrected chi connectivity index (χ2v) is 8.13. The molecular weight excluding hydrogens is 310 g/mol. The molecule has 1 N–H and O–H groups in total. The Hall–Kier alpha value is -0.340. The summed E-state index contributed by atoms with van der Waals surface area (Å²) in [7, 11) is 0. The maximum absolute atomic E-state index is 3.80. The second-order valence-electron chi connectivity index (χ2n) is 7.28. The summed E-state index contributed by atoms with van der Waals surface area (Å²) in [6, 6.07) is 9.19. The van der Waals surface area contributed by atoms with E-state index in [9.17, 15) is 0 Å². The van der Waals surface area contributed by atoms with Crippen molar-refractivity contribution in [2.75, 3.05) is 6.54 Å². The van der Waals surface area contributed by atoms with Crippen molar-refractivity contribution in [1.29, 1.82) is 0 Å². The van der Waals surface area contributed by atoms with Gasteiger partial charge in [-0.25, -0.2) is 0 Å². The Morgan fingerprint density at radius 2 is 1.75 bits per heavy atom. The van der Waals surface area contributed by atoms with E-state index in [0.717, 1.165) is 18.9 Å². The minimum atomic E-state index is 0.430. The van der Waals surface area contributed by atoms with Crippen molar-refractivity contribution >= 4 is 15.9 Å². The molecule has 2 heteroatoms. The molecule has 1 aliphatic carbocycles. The molecule has 0 spiro atoms. The molecule has 1 fully saturated rings. The van der Waals surface area contributed by atoms with Crippen molar-refractivity contribution in [1.82, 2.24) is 5.32 Å². The van der Waals surface area contributed by atoms with Gasteiger partial charge >= 0.3 is 0 Å². The molecule has 20 heavy (non-hydrogen) atoms. The normalized spacial score (nSPS) is 21.7. The molecule has 0 saturated heterocycles. The minimum absolute atomic E-state index is 0.430. The van der Waals surface area contributed by atoms with Gasteiger partial charge in [0, 0.05) is 10.5 Å². The Kier molecular flexibility index (Phi) is 4.66. The zero-order chi connectivity index (χ0) is 15.0. The highest BCUT2D eigenvalue weighted by molar-refractivity contribution is 9.10. The molecule has 0 aromatic heterocycles. The molecule has 0 heterocycles. The molecular formula is C18H28BrN. The zero-order valence-corrected chi connectivity index (χ0v) is 15.0. The second kappa shape index (κ2) is 5.81. The van der Waals surface area contributed by atoms with Crippen LogP contribution in [0.15, 0.2) is 28.7 Å². The third-order valence-electron chi connectivity index (χ3n) is 5.59. The molecule has 1 aliphatic rings. The van der Waals surface area contributed by atoms with E-state index in [1.807, 2.05) is 0 Å². The first-order valence-electron chi connectivity index (χ1n) is 7.79. The molecule has 1 aromatic carbocycles. The van der Waals surface area contributed by atoms with Crippen LogP contribution in [0, 0.1) is 16.7 Å². The predicted molar refractivity (Wildman–Crippen MR) is 91.0 cm³/mol. The van der Waals surface area contributed by atoms with E-state index in [1.54, 1.807) is 0 Å². The highest BCUT2D eigenvalue weighted by Crippen LogP contribution is 2.69.